The Morgan fingerprint density at radius 1 is 1.41 bits per heavy atom. The van der Waals surface area contributed by atoms with Crippen LogP contribution >= 0.6 is 0 Å². The van der Waals surface area contributed by atoms with Crippen molar-refractivity contribution in [3.05, 3.63) is 12.4 Å². The molecule has 2 rings (SSSR count). The molecule has 0 saturated carbocycles. The molecular weight excluding hydrogens is 240 g/mol. The lowest BCUT2D eigenvalue weighted by Crippen LogP contribution is -2.49. The molecule has 1 fully saturated rings. The van der Waals surface area contributed by atoms with Gasteiger partial charge in [0.25, 0.3) is 0 Å². The lowest BCUT2D eigenvalue weighted by molar-refractivity contribution is 0.479. The smallest absolute Gasteiger partial charge is 0.225 e. The molecule has 94 valence electrons. The molecule has 0 amide bonds. The Labute approximate surface area is 101 Å². The van der Waals surface area contributed by atoms with Gasteiger partial charge < -0.3 is 10.2 Å². The molecule has 1 atom stereocenters. The molecule has 1 aromatic rings. The van der Waals surface area contributed by atoms with Crippen molar-refractivity contribution >= 4 is 15.8 Å². The van der Waals surface area contributed by atoms with Crippen molar-refractivity contribution in [2.75, 3.05) is 30.8 Å². The van der Waals surface area contributed by atoms with Gasteiger partial charge in [-0.15, -0.1) is 0 Å². The number of anilines is 1. The molecule has 0 spiro atoms. The molecule has 6 nitrogen and oxygen atoms in total. The first-order chi connectivity index (χ1) is 7.97. The lowest BCUT2D eigenvalue weighted by Gasteiger charge is -2.31. The number of sulfone groups is 1. The first-order valence-electron chi connectivity index (χ1n) is 5.47. The van der Waals surface area contributed by atoms with Crippen molar-refractivity contribution in [3.63, 3.8) is 0 Å². The van der Waals surface area contributed by atoms with E-state index in [4.69, 9.17) is 0 Å². The van der Waals surface area contributed by atoms with Crippen LogP contribution in [0, 0.1) is 0 Å². The zero-order valence-corrected chi connectivity index (χ0v) is 10.7. The van der Waals surface area contributed by atoms with Crippen molar-refractivity contribution in [2.24, 2.45) is 0 Å². The van der Waals surface area contributed by atoms with Crippen LogP contribution in [-0.4, -0.2) is 50.3 Å². The van der Waals surface area contributed by atoms with Crippen molar-refractivity contribution in [1.29, 1.82) is 0 Å². The third kappa shape index (κ3) is 2.92. The highest BCUT2D eigenvalue weighted by Crippen LogP contribution is 2.12. The summed E-state index contributed by atoms with van der Waals surface area (Å²) in [5, 5.41) is 3.32. The zero-order valence-electron chi connectivity index (χ0n) is 9.92. The minimum atomic E-state index is -3.22. The van der Waals surface area contributed by atoms with Crippen LogP contribution in [0.5, 0.6) is 0 Å². The molecule has 0 radical (unpaired) electrons. The first kappa shape index (κ1) is 12.3. The molecule has 0 aromatic carbocycles. The summed E-state index contributed by atoms with van der Waals surface area (Å²) in [6.07, 6.45) is 3.88. The van der Waals surface area contributed by atoms with Gasteiger partial charge in [0.15, 0.2) is 9.84 Å². The van der Waals surface area contributed by atoms with Gasteiger partial charge in [-0.2, -0.15) is 0 Å². The molecule has 1 aromatic heterocycles. The van der Waals surface area contributed by atoms with Crippen LogP contribution in [0.4, 0.5) is 5.95 Å². The minimum Gasteiger partial charge on any atom is -0.338 e. The normalized spacial score (nSPS) is 21.5. The van der Waals surface area contributed by atoms with Crippen LogP contribution in [-0.2, 0) is 9.84 Å². The molecule has 2 heterocycles. The maximum Gasteiger partial charge on any atom is 0.225 e. The largest absolute Gasteiger partial charge is 0.338 e. The van der Waals surface area contributed by atoms with Gasteiger partial charge in [-0.3, -0.25) is 0 Å². The second kappa shape index (κ2) is 4.58. The minimum absolute atomic E-state index is 0.157. The van der Waals surface area contributed by atoms with E-state index in [0.717, 1.165) is 25.9 Å². The molecule has 1 aliphatic rings. The summed E-state index contributed by atoms with van der Waals surface area (Å²) < 4.78 is 22.5. The second-order valence-corrected chi connectivity index (χ2v) is 6.31. The van der Waals surface area contributed by atoms with Gasteiger partial charge in [-0.1, -0.05) is 0 Å². The van der Waals surface area contributed by atoms with Gasteiger partial charge in [0.1, 0.15) is 4.90 Å². The van der Waals surface area contributed by atoms with Gasteiger partial charge in [0, 0.05) is 31.9 Å². The van der Waals surface area contributed by atoms with Gasteiger partial charge in [-0.05, 0) is 6.92 Å². The third-order valence-corrected chi connectivity index (χ3v) is 3.76. The molecular formula is C10H16N4O2S. The number of hydrogen-bond acceptors (Lipinski definition) is 6. The highest BCUT2D eigenvalue weighted by Gasteiger charge is 2.18. The first-order valence-corrected chi connectivity index (χ1v) is 7.36. The molecule has 1 aliphatic heterocycles. The van der Waals surface area contributed by atoms with Crippen molar-refractivity contribution in [1.82, 2.24) is 15.3 Å². The molecule has 1 saturated heterocycles. The fourth-order valence-corrected chi connectivity index (χ4v) is 2.27. The number of piperazine rings is 1. The molecule has 0 aliphatic carbocycles. The predicted molar refractivity (Wildman–Crippen MR) is 64.8 cm³/mol. The third-order valence-electron chi connectivity index (χ3n) is 2.69. The SMILES string of the molecule is C[C@@H]1CN(c2ncc(S(C)(=O)=O)cn2)CCN1. The van der Waals surface area contributed by atoms with Gasteiger partial charge >= 0.3 is 0 Å². The lowest BCUT2D eigenvalue weighted by atomic mass is 10.2. The fraction of sp³-hybridized carbons (Fsp3) is 0.600. The van der Waals surface area contributed by atoms with E-state index in [1.54, 1.807) is 0 Å². The Bertz CT molecular complexity index is 486. The maximum absolute atomic E-state index is 11.3. The average Bonchev–Trinajstić information content (AvgIpc) is 2.28. The highest BCUT2D eigenvalue weighted by molar-refractivity contribution is 7.90. The van der Waals surface area contributed by atoms with Crippen molar-refractivity contribution < 1.29 is 8.42 Å². The van der Waals surface area contributed by atoms with Crippen LogP contribution in [0.1, 0.15) is 6.92 Å². The summed E-state index contributed by atoms with van der Waals surface area (Å²) in [5.41, 5.74) is 0. The van der Waals surface area contributed by atoms with E-state index in [9.17, 15) is 8.42 Å². The number of hydrogen-bond donors (Lipinski definition) is 1. The number of aromatic nitrogens is 2. The maximum atomic E-state index is 11.3. The van der Waals surface area contributed by atoms with Crippen LogP contribution in [0.2, 0.25) is 0 Å². The average molecular weight is 256 g/mol. The summed E-state index contributed by atoms with van der Waals surface area (Å²) in [4.78, 5) is 10.4. The van der Waals surface area contributed by atoms with Crippen LogP contribution in [0.25, 0.3) is 0 Å². The topological polar surface area (TPSA) is 75.2 Å². The van der Waals surface area contributed by atoms with Crippen LogP contribution in [0.3, 0.4) is 0 Å². The zero-order chi connectivity index (χ0) is 12.5. The molecule has 1 N–H and O–H groups in total. The molecule has 17 heavy (non-hydrogen) atoms. The predicted octanol–water partition coefficient (Wildman–Crippen LogP) is -0.322. The second-order valence-electron chi connectivity index (χ2n) is 4.29. The number of nitrogens with one attached hydrogen (secondary N) is 1. The summed E-state index contributed by atoms with van der Waals surface area (Å²) in [6.45, 7) is 4.65. The number of rotatable bonds is 2. The van der Waals surface area contributed by atoms with E-state index < -0.39 is 9.84 Å². The Morgan fingerprint density at radius 2 is 2.06 bits per heavy atom. The van der Waals surface area contributed by atoms with E-state index in [1.807, 2.05) is 4.90 Å². The highest BCUT2D eigenvalue weighted by atomic mass is 32.2. The fourth-order valence-electron chi connectivity index (χ4n) is 1.78. The number of nitrogens with zero attached hydrogens (tertiary/aromatic N) is 3. The quantitative estimate of drug-likeness (QED) is 0.781. The van der Waals surface area contributed by atoms with Gasteiger partial charge in [0.2, 0.25) is 5.95 Å². The summed E-state index contributed by atoms with van der Waals surface area (Å²) in [6, 6.07) is 0.391. The summed E-state index contributed by atoms with van der Waals surface area (Å²) in [5.74, 6) is 0.589. The Kier molecular flexibility index (Phi) is 3.30. The van der Waals surface area contributed by atoms with E-state index in [0.29, 0.717) is 12.0 Å². The molecule has 0 bridgehead atoms. The van der Waals surface area contributed by atoms with E-state index in [1.165, 1.54) is 12.4 Å². The van der Waals surface area contributed by atoms with Gasteiger partial charge in [-0.25, -0.2) is 18.4 Å². The van der Waals surface area contributed by atoms with E-state index in [-0.39, 0.29) is 4.90 Å². The van der Waals surface area contributed by atoms with Crippen molar-refractivity contribution in [2.45, 2.75) is 17.9 Å². The van der Waals surface area contributed by atoms with E-state index >= 15 is 0 Å². The Morgan fingerprint density at radius 3 is 2.59 bits per heavy atom. The summed E-state index contributed by atoms with van der Waals surface area (Å²) >= 11 is 0. The molecule has 7 heteroatoms. The van der Waals surface area contributed by atoms with Crippen LogP contribution in [0.15, 0.2) is 17.3 Å². The summed E-state index contributed by atoms with van der Waals surface area (Å²) in [7, 11) is -3.22. The van der Waals surface area contributed by atoms with Gasteiger partial charge in [0.05, 0.1) is 12.4 Å². The Balaban J connectivity index is 2.18. The molecule has 0 unspecified atom stereocenters. The van der Waals surface area contributed by atoms with Crippen molar-refractivity contribution in [3.8, 4) is 0 Å². The van der Waals surface area contributed by atoms with E-state index in [2.05, 4.69) is 22.2 Å². The van der Waals surface area contributed by atoms with Crippen LogP contribution < -0.4 is 10.2 Å². The monoisotopic (exact) mass is 256 g/mol. The Hall–Kier alpha value is -1.21. The standard InChI is InChI=1S/C10H16N4O2S/c1-8-7-14(4-3-11-8)10-12-5-9(6-13-10)17(2,15)16/h5-6,8,11H,3-4,7H2,1-2H3/t8-/m1/s1.